The number of hydrogen-bond donors (Lipinski definition) is 0. The van der Waals surface area contributed by atoms with E-state index in [1.165, 1.54) is 33.9 Å². The number of imidazole rings is 1. The van der Waals surface area contributed by atoms with E-state index in [2.05, 4.69) is 44.4 Å². The Bertz CT molecular complexity index is 1130. The van der Waals surface area contributed by atoms with Gasteiger partial charge in [0, 0.05) is 0 Å². The van der Waals surface area contributed by atoms with E-state index in [-0.39, 0.29) is 5.82 Å². The Labute approximate surface area is 159 Å². The lowest BCUT2D eigenvalue weighted by Gasteiger charge is -2.18. The maximum absolute atomic E-state index is 14.6. The molecule has 0 fully saturated rings. The Hall–Kier alpha value is -2.94. The lowest BCUT2D eigenvalue weighted by molar-refractivity contribution is 0.628. The van der Waals surface area contributed by atoms with Crippen LogP contribution in [-0.2, 0) is 6.54 Å². The van der Waals surface area contributed by atoms with Crippen molar-refractivity contribution in [3.05, 3.63) is 88.2 Å². The number of hydrogen-bond acceptors (Lipinski definition) is 1. The molecular formula is C24H23FN2. The third-order valence-electron chi connectivity index (χ3n) is 5.61. The molecule has 0 bridgehead atoms. The van der Waals surface area contributed by atoms with Crippen LogP contribution in [0, 0.1) is 33.5 Å². The molecule has 0 aliphatic carbocycles. The quantitative estimate of drug-likeness (QED) is 0.431. The number of fused-ring (bicyclic) bond motifs is 1. The Kier molecular flexibility index (Phi) is 4.31. The minimum Gasteiger partial charge on any atom is -0.319 e. The summed E-state index contributed by atoms with van der Waals surface area (Å²) in [6, 6.07) is 17.1. The molecule has 4 rings (SSSR count). The zero-order chi connectivity index (χ0) is 19.1. The van der Waals surface area contributed by atoms with Gasteiger partial charge in [-0.25, -0.2) is 9.37 Å². The minimum atomic E-state index is -0.247. The standard InChI is InChI=1S/C24H23FN2/c1-15-13-16(2)18(4)20(17(15)3)14-27-23-12-8-7-11-22(23)26-24(27)19-9-5-6-10-21(19)25/h5-13H,14H2,1-4H3. The number of nitrogens with zero attached hydrogens (tertiary/aromatic N) is 2. The fourth-order valence-corrected chi connectivity index (χ4v) is 3.78. The average molecular weight is 358 g/mol. The van der Waals surface area contributed by atoms with Crippen LogP contribution in [-0.4, -0.2) is 9.55 Å². The van der Waals surface area contributed by atoms with Crippen molar-refractivity contribution < 1.29 is 4.39 Å². The molecule has 0 aliphatic heterocycles. The SMILES string of the molecule is Cc1cc(C)c(C)c(Cn2c(-c3ccccc3F)nc3ccccc32)c1C. The molecule has 0 aliphatic rings. The van der Waals surface area contributed by atoms with Gasteiger partial charge < -0.3 is 4.57 Å². The lowest BCUT2D eigenvalue weighted by Crippen LogP contribution is -2.08. The number of benzene rings is 3. The highest BCUT2D eigenvalue weighted by Crippen LogP contribution is 2.30. The Morgan fingerprint density at radius 2 is 1.48 bits per heavy atom. The summed E-state index contributed by atoms with van der Waals surface area (Å²) in [6.07, 6.45) is 0. The minimum absolute atomic E-state index is 0.247. The van der Waals surface area contributed by atoms with E-state index in [0.29, 0.717) is 17.9 Å². The van der Waals surface area contributed by atoms with Crippen molar-refractivity contribution in [3.63, 3.8) is 0 Å². The first kappa shape index (κ1) is 17.5. The summed E-state index contributed by atoms with van der Waals surface area (Å²) in [5.41, 5.74) is 8.87. The molecule has 0 N–H and O–H groups in total. The summed E-state index contributed by atoms with van der Waals surface area (Å²) in [4.78, 5) is 4.77. The molecule has 0 radical (unpaired) electrons. The summed E-state index contributed by atoms with van der Waals surface area (Å²) in [7, 11) is 0. The van der Waals surface area contributed by atoms with Gasteiger partial charge in [0.05, 0.1) is 23.1 Å². The zero-order valence-electron chi connectivity index (χ0n) is 16.2. The van der Waals surface area contributed by atoms with Crippen LogP contribution in [0.2, 0.25) is 0 Å². The van der Waals surface area contributed by atoms with Crippen LogP contribution in [0.3, 0.4) is 0 Å². The Morgan fingerprint density at radius 1 is 0.852 bits per heavy atom. The van der Waals surface area contributed by atoms with Crippen molar-refractivity contribution in [3.8, 4) is 11.4 Å². The maximum atomic E-state index is 14.6. The van der Waals surface area contributed by atoms with Crippen LogP contribution in [0.25, 0.3) is 22.4 Å². The molecule has 0 amide bonds. The van der Waals surface area contributed by atoms with Gasteiger partial charge in [0.1, 0.15) is 11.6 Å². The number of aromatic nitrogens is 2. The van der Waals surface area contributed by atoms with Gasteiger partial charge in [0.25, 0.3) is 0 Å². The van der Waals surface area contributed by atoms with Crippen LogP contribution in [0.4, 0.5) is 4.39 Å². The number of para-hydroxylation sites is 2. The second-order valence-electron chi connectivity index (χ2n) is 7.23. The summed E-state index contributed by atoms with van der Waals surface area (Å²) in [5.74, 6) is 0.426. The zero-order valence-corrected chi connectivity index (χ0v) is 16.2. The molecule has 0 saturated heterocycles. The molecule has 1 aromatic heterocycles. The molecule has 3 aromatic carbocycles. The van der Waals surface area contributed by atoms with E-state index in [0.717, 1.165) is 11.0 Å². The van der Waals surface area contributed by atoms with E-state index in [9.17, 15) is 4.39 Å². The lowest BCUT2D eigenvalue weighted by atomic mass is 9.94. The molecule has 27 heavy (non-hydrogen) atoms. The molecule has 0 saturated carbocycles. The Morgan fingerprint density at radius 3 is 2.19 bits per heavy atom. The molecule has 3 heteroatoms. The molecule has 1 heterocycles. The van der Waals surface area contributed by atoms with Crippen LogP contribution < -0.4 is 0 Å². The van der Waals surface area contributed by atoms with Crippen molar-refractivity contribution in [2.75, 3.05) is 0 Å². The van der Waals surface area contributed by atoms with Crippen LogP contribution in [0.1, 0.15) is 27.8 Å². The highest BCUT2D eigenvalue weighted by Gasteiger charge is 2.18. The number of rotatable bonds is 3. The average Bonchev–Trinajstić information content (AvgIpc) is 3.02. The second-order valence-corrected chi connectivity index (χ2v) is 7.23. The van der Waals surface area contributed by atoms with Gasteiger partial charge in [-0.3, -0.25) is 0 Å². The molecule has 0 unspecified atom stereocenters. The fraction of sp³-hybridized carbons (Fsp3) is 0.208. The van der Waals surface area contributed by atoms with Gasteiger partial charge in [-0.05, 0) is 79.8 Å². The van der Waals surface area contributed by atoms with Gasteiger partial charge in [0.2, 0.25) is 0 Å². The Balaban J connectivity index is 1.98. The van der Waals surface area contributed by atoms with Crippen molar-refractivity contribution >= 4 is 11.0 Å². The van der Waals surface area contributed by atoms with E-state index < -0.39 is 0 Å². The second kappa shape index (κ2) is 6.66. The van der Waals surface area contributed by atoms with E-state index in [4.69, 9.17) is 4.98 Å². The maximum Gasteiger partial charge on any atom is 0.144 e. The third kappa shape index (κ3) is 2.93. The van der Waals surface area contributed by atoms with Gasteiger partial charge in [0.15, 0.2) is 0 Å². The molecule has 0 atom stereocenters. The van der Waals surface area contributed by atoms with Gasteiger partial charge in [-0.15, -0.1) is 0 Å². The number of aryl methyl sites for hydroxylation is 2. The molecule has 4 aromatic rings. The van der Waals surface area contributed by atoms with E-state index in [1.807, 2.05) is 24.3 Å². The van der Waals surface area contributed by atoms with Crippen LogP contribution in [0.15, 0.2) is 54.6 Å². The topological polar surface area (TPSA) is 17.8 Å². The number of halogens is 1. The van der Waals surface area contributed by atoms with Crippen LogP contribution >= 0.6 is 0 Å². The fourth-order valence-electron chi connectivity index (χ4n) is 3.78. The molecular weight excluding hydrogens is 335 g/mol. The van der Waals surface area contributed by atoms with Gasteiger partial charge >= 0.3 is 0 Å². The molecule has 0 spiro atoms. The predicted molar refractivity (Wildman–Crippen MR) is 110 cm³/mol. The van der Waals surface area contributed by atoms with E-state index in [1.54, 1.807) is 12.1 Å². The summed E-state index contributed by atoms with van der Waals surface area (Å²) >= 11 is 0. The summed E-state index contributed by atoms with van der Waals surface area (Å²) in [6.45, 7) is 9.30. The first-order valence-corrected chi connectivity index (χ1v) is 9.24. The molecule has 2 nitrogen and oxygen atoms in total. The summed E-state index contributed by atoms with van der Waals surface area (Å²) < 4.78 is 16.7. The first-order chi connectivity index (χ1) is 13.0. The highest BCUT2D eigenvalue weighted by atomic mass is 19.1. The molecule has 136 valence electrons. The monoisotopic (exact) mass is 358 g/mol. The smallest absolute Gasteiger partial charge is 0.144 e. The van der Waals surface area contributed by atoms with Crippen LogP contribution in [0.5, 0.6) is 0 Å². The predicted octanol–water partition coefficient (Wildman–Crippen LogP) is 6.12. The normalized spacial score (nSPS) is 11.3. The van der Waals surface area contributed by atoms with E-state index >= 15 is 0 Å². The van der Waals surface area contributed by atoms with Crippen molar-refractivity contribution in [1.29, 1.82) is 0 Å². The summed E-state index contributed by atoms with van der Waals surface area (Å²) in [5, 5.41) is 0. The van der Waals surface area contributed by atoms with Gasteiger partial charge in [-0.1, -0.05) is 30.3 Å². The third-order valence-corrected chi connectivity index (χ3v) is 5.61. The largest absolute Gasteiger partial charge is 0.319 e. The highest BCUT2D eigenvalue weighted by molar-refractivity contribution is 5.81. The van der Waals surface area contributed by atoms with Crippen molar-refractivity contribution in [2.24, 2.45) is 0 Å². The van der Waals surface area contributed by atoms with Crippen molar-refractivity contribution in [2.45, 2.75) is 34.2 Å². The van der Waals surface area contributed by atoms with Crippen molar-refractivity contribution in [1.82, 2.24) is 9.55 Å². The first-order valence-electron chi connectivity index (χ1n) is 9.24. The van der Waals surface area contributed by atoms with Gasteiger partial charge in [-0.2, -0.15) is 0 Å².